The van der Waals surface area contributed by atoms with Gasteiger partial charge in [-0.3, -0.25) is 4.79 Å². The molecule has 0 radical (unpaired) electrons. The van der Waals surface area contributed by atoms with E-state index < -0.39 is 44.1 Å². The Labute approximate surface area is 119 Å². The van der Waals surface area contributed by atoms with Crippen molar-refractivity contribution in [2.75, 3.05) is 13.1 Å². The third kappa shape index (κ3) is 3.44. The molecule has 0 saturated carbocycles. The molecule has 1 rings (SSSR count). The Hall–Kier alpha value is -1.25. The summed E-state index contributed by atoms with van der Waals surface area (Å²) in [5.41, 5.74) is 0. The van der Waals surface area contributed by atoms with Gasteiger partial charge in [0.05, 0.1) is 5.02 Å². The summed E-state index contributed by atoms with van der Waals surface area (Å²) in [4.78, 5) is 9.65. The largest absolute Gasteiger partial charge is 0.480 e. The maximum absolute atomic E-state index is 13.7. The first-order valence-electron chi connectivity index (χ1n) is 5.57. The minimum atomic E-state index is -4.54. The zero-order valence-electron chi connectivity index (χ0n) is 10.4. The Morgan fingerprint density at radius 3 is 2.50 bits per heavy atom. The van der Waals surface area contributed by atoms with E-state index in [0.29, 0.717) is 16.8 Å². The lowest BCUT2D eigenvalue weighted by Crippen LogP contribution is -2.37. The van der Waals surface area contributed by atoms with Crippen LogP contribution in [-0.2, 0) is 14.8 Å². The standard InChI is InChI=1S/C11H12ClF2NO4S/c1-2-5-15(6-9(16)17)20(18,19)11-7(12)3-4-8(13)10(11)14/h3-4H,2,5-6H2,1H3,(H,16,17). The highest BCUT2D eigenvalue weighted by Crippen LogP contribution is 2.29. The molecule has 0 amide bonds. The molecule has 0 atom stereocenters. The number of carbonyl (C=O) groups is 1. The van der Waals surface area contributed by atoms with Crippen LogP contribution in [0, 0.1) is 11.6 Å². The maximum Gasteiger partial charge on any atom is 0.318 e. The SMILES string of the molecule is CCCN(CC(=O)O)S(=O)(=O)c1c(Cl)ccc(F)c1F. The molecule has 0 fully saturated rings. The van der Waals surface area contributed by atoms with E-state index in [-0.39, 0.29) is 6.54 Å². The highest BCUT2D eigenvalue weighted by atomic mass is 35.5. The molecule has 0 heterocycles. The third-order valence-corrected chi connectivity index (χ3v) is 4.72. The molecule has 20 heavy (non-hydrogen) atoms. The smallest absolute Gasteiger partial charge is 0.318 e. The molecule has 0 aliphatic heterocycles. The van der Waals surface area contributed by atoms with Crippen molar-refractivity contribution < 1.29 is 27.1 Å². The molecule has 112 valence electrons. The average Bonchev–Trinajstić information content (AvgIpc) is 2.33. The fourth-order valence-corrected chi connectivity index (χ4v) is 3.60. The summed E-state index contributed by atoms with van der Waals surface area (Å²) in [5.74, 6) is -4.40. The van der Waals surface area contributed by atoms with Crippen LogP contribution in [0.4, 0.5) is 8.78 Å². The van der Waals surface area contributed by atoms with Gasteiger partial charge in [-0.1, -0.05) is 18.5 Å². The van der Waals surface area contributed by atoms with Gasteiger partial charge in [0.2, 0.25) is 10.0 Å². The van der Waals surface area contributed by atoms with Crippen LogP contribution in [0.2, 0.25) is 5.02 Å². The Bertz CT molecular complexity index is 621. The molecule has 1 N–H and O–H groups in total. The van der Waals surface area contributed by atoms with Gasteiger partial charge in [-0.2, -0.15) is 4.31 Å². The van der Waals surface area contributed by atoms with E-state index in [2.05, 4.69) is 0 Å². The van der Waals surface area contributed by atoms with Crippen LogP contribution >= 0.6 is 11.6 Å². The van der Waals surface area contributed by atoms with E-state index in [0.717, 1.165) is 6.07 Å². The quantitative estimate of drug-likeness (QED) is 0.812. The molecule has 9 heteroatoms. The van der Waals surface area contributed by atoms with Gasteiger partial charge in [0.1, 0.15) is 11.4 Å². The molecule has 0 unspecified atom stereocenters. The van der Waals surface area contributed by atoms with E-state index in [1.165, 1.54) is 0 Å². The minimum absolute atomic E-state index is 0.152. The fourth-order valence-electron chi connectivity index (χ4n) is 1.56. The van der Waals surface area contributed by atoms with Crippen molar-refractivity contribution in [1.29, 1.82) is 0 Å². The number of carboxylic acids is 1. The molecule has 0 aliphatic rings. The topological polar surface area (TPSA) is 74.7 Å². The Balaban J connectivity index is 3.40. The molecule has 0 aromatic heterocycles. The number of aliphatic carboxylic acids is 1. The zero-order chi connectivity index (χ0) is 15.5. The van der Waals surface area contributed by atoms with Crippen molar-refractivity contribution in [3.8, 4) is 0 Å². The third-order valence-electron chi connectivity index (χ3n) is 2.38. The Morgan fingerprint density at radius 2 is 2.00 bits per heavy atom. The van der Waals surface area contributed by atoms with Gasteiger partial charge in [0.15, 0.2) is 11.6 Å². The highest BCUT2D eigenvalue weighted by molar-refractivity contribution is 7.89. The summed E-state index contributed by atoms with van der Waals surface area (Å²) in [7, 11) is -4.54. The second-order valence-electron chi connectivity index (χ2n) is 3.90. The van der Waals surface area contributed by atoms with E-state index in [1.807, 2.05) is 0 Å². The fraction of sp³-hybridized carbons (Fsp3) is 0.364. The summed E-state index contributed by atoms with van der Waals surface area (Å²) in [6.07, 6.45) is 0.307. The number of carboxylic acid groups (broad SMARTS) is 1. The highest BCUT2D eigenvalue weighted by Gasteiger charge is 2.32. The van der Waals surface area contributed by atoms with Crippen LogP contribution < -0.4 is 0 Å². The van der Waals surface area contributed by atoms with Crippen molar-refractivity contribution in [2.24, 2.45) is 0 Å². The molecule has 1 aromatic rings. The van der Waals surface area contributed by atoms with Crippen molar-refractivity contribution in [1.82, 2.24) is 4.31 Å². The van der Waals surface area contributed by atoms with Gasteiger partial charge >= 0.3 is 5.97 Å². The molecule has 1 aromatic carbocycles. The lowest BCUT2D eigenvalue weighted by atomic mass is 10.3. The van der Waals surface area contributed by atoms with Gasteiger partial charge in [-0.05, 0) is 18.6 Å². The van der Waals surface area contributed by atoms with Crippen LogP contribution in [0.5, 0.6) is 0 Å². The minimum Gasteiger partial charge on any atom is -0.480 e. The number of sulfonamides is 1. The predicted molar refractivity (Wildman–Crippen MR) is 68.1 cm³/mol. The second-order valence-corrected chi connectivity index (χ2v) is 6.19. The van der Waals surface area contributed by atoms with Gasteiger partial charge in [0, 0.05) is 6.54 Å². The molecular weight excluding hydrogens is 316 g/mol. The van der Waals surface area contributed by atoms with E-state index in [4.69, 9.17) is 16.7 Å². The Kier molecular flexibility index (Phi) is 5.43. The zero-order valence-corrected chi connectivity index (χ0v) is 12.0. The van der Waals surface area contributed by atoms with Gasteiger partial charge in [0.25, 0.3) is 0 Å². The first-order valence-corrected chi connectivity index (χ1v) is 7.39. The van der Waals surface area contributed by atoms with Crippen molar-refractivity contribution >= 4 is 27.6 Å². The monoisotopic (exact) mass is 327 g/mol. The number of nitrogens with zero attached hydrogens (tertiary/aromatic N) is 1. The average molecular weight is 328 g/mol. The van der Waals surface area contributed by atoms with E-state index in [9.17, 15) is 22.0 Å². The van der Waals surface area contributed by atoms with Crippen molar-refractivity contribution in [2.45, 2.75) is 18.2 Å². The molecule has 0 spiro atoms. The molecule has 0 bridgehead atoms. The predicted octanol–water partition coefficient (Wildman–Crippen LogP) is 2.10. The van der Waals surface area contributed by atoms with E-state index in [1.54, 1.807) is 6.92 Å². The number of halogens is 3. The van der Waals surface area contributed by atoms with Gasteiger partial charge < -0.3 is 5.11 Å². The number of benzene rings is 1. The summed E-state index contributed by atoms with van der Waals surface area (Å²) < 4.78 is 51.8. The summed E-state index contributed by atoms with van der Waals surface area (Å²) in [5, 5.41) is 8.20. The first kappa shape index (κ1) is 16.8. The maximum atomic E-state index is 13.7. The van der Waals surface area contributed by atoms with E-state index >= 15 is 0 Å². The van der Waals surface area contributed by atoms with Crippen LogP contribution in [0.1, 0.15) is 13.3 Å². The van der Waals surface area contributed by atoms with Crippen LogP contribution in [0.3, 0.4) is 0 Å². The van der Waals surface area contributed by atoms with Crippen LogP contribution in [-0.4, -0.2) is 36.9 Å². The Morgan fingerprint density at radius 1 is 1.40 bits per heavy atom. The normalized spacial score (nSPS) is 11.8. The first-order chi connectivity index (χ1) is 9.21. The second kappa shape index (κ2) is 6.47. The van der Waals surface area contributed by atoms with Gasteiger partial charge in [-0.15, -0.1) is 0 Å². The lowest BCUT2D eigenvalue weighted by Gasteiger charge is -2.20. The molecule has 0 aliphatic carbocycles. The molecular formula is C11H12ClF2NO4S. The van der Waals surface area contributed by atoms with Crippen LogP contribution in [0.25, 0.3) is 0 Å². The number of hydrogen-bond donors (Lipinski definition) is 1. The van der Waals surface area contributed by atoms with Crippen LogP contribution in [0.15, 0.2) is 17.0 Å². The lowest BCUT2D eigenvalue weighted by molar-refractivity contribution is -0.137. The summed E-state index contributed by atoms with van der Waals surface area (Å²) in [6, 6.07) is 1.59. The van der Waals surface area contributed by atoms with Crippen molar-refractivity contribution in [3.05, 3.63) is 28.8 Å². The number of rotatable bonds is 6. The number of hydrogen-bond acceptors (Lipinski definition) is 3. The van der Waals surface area contributed by atoms with Crippen molar-refractivity contribution in [3.63, 3.8) is 0 Å². The summed E-state index contributed by atoms with van der Waals surface area (Å²) >= 11 is 5.61. The summed E-state index contributed by atoms with van der Waals surface area (Å²) in [6.45, 7) is 0.608. The van der Waals surface area contributed by atoms with Gasteiger partial charge in [-0.25, -0.2) is 17.2 Å². The molecule has 0 saturated heterocycles. The molecule has 5 nitrogen and oxygen atoms in total.